The third-order valence-electron chi connectivity index (χ3n) is 3.84. The Bertz CT molecular complexity index is 969. The summed E-state index contributed by atoms with van der Waals surface area (Å²) in [7, 11) is -13.8. The van der Waals surface area contributed by atoms with E-state index in [1.54, 1.807) is 0 Å². The Kier molecular flexibility index (Phi) is 8.47. The molecule has 2 heterocycles. The van der Waals surface area contributed by atoms with Gasteiger partial charge < -0.3 is 0 Å². The summed E-state index contributed by atoms with van der Waals surface area (Å²) in [5.41, 5.74) is -1.97. The van der Waals surface area contributed by atoms with E-state index in [0.717, 1.165) is 20.4 Å². The van der Waals surface area contributed by atoms with Crippen molar-refractivity contribution in [3.8, 4) is 0 Å². The second-order valence-corrected chi connectivity index (χ2v) is 11.2. The molecule has 20 heteroatoms. The molecule has 7 N–H and O–H groups in total. The number of phosphoric acid groups is 2. The molecule has 1 saturated heterocycles. The monoisotopic (exact) mass is 514 g/mol. The van der Waals surface area contributed by atoms with Gasteiger partial charge in [0.25, 0.3) is 0 Å². The van der Waals surface area contributed by atoms with Crippen LogP contribution in [0.5, 0.6) is 0 Å². The third kappa shape index (κ3) is 6.81. The maximum atomic E-state index is 11.8. The van der Waals surface area contributed by atoms with Gasteiger partial charge in [0.2, 0.25) is 0 Å². The Balaban J connectivity index is 2.04. The molecule has 0 bridgehead atoms. The molecule has 17 nitrogen and oxygen atoms in total. The number of hydrogen-bond donors (Lipinski definition) is 7. The molecule has 1 aliphatic rings. The van der Waals surface area contributed by atoms with Crippen LogP contribution in [0.25, 0.3) is 0 Å². The van der Waals surface area contributed by atoms with Crippen LogP contribution in [-0.2, 0) is 36.1 Å². The van der Waals surface area contributed by atoms with Gasteiger partial charge in [0.1, 0.15) is 0 Å². The predicted octanol–water partition coefficient (Wildman–Crippen LogP) is -1.83. The normalized spacial score (nSPS) is 27.2. The molecule has 0 radical (unpaired) electrons. The summed E-state index contributed by atoms with van der Waals surface area (Å²) in [6, 6.07) is 0. The molecule has 1 fully saturated rings. The number of aliphatic hydroxyl groups excluding tert-OH is 2. The van der Waals surface area contributed by atoms with Crippen molar-refractivity contribution in [3.05, 3.63) is 32.6 Å². The van der Waals surface area contributed by atoms with E-state index in [4.69, 9.17) is 4.74 Å². The minimum atomic E-state index is -5.46. The molecule has 1 aromatic rings. The maximum absolute atomic E-state index is 11.8. The van der Waals surface area contributed by atoms with E-state index in [1.807, 2.05) is 4.98 Å². The number of rotatable bonds is 10. The van der Waals surface area contributed by atoms with Gasteiger partial charge >= 0.3 is 173 Å². The van der Waals surface area contributed by atoms with Crippen LogP contribution in [0, 0.1) is 0 Å². The van der Waals surface area contributed by atoms with Crippen molar-refractivity contribution >= 4 is 23.8 Å². The number of phosphoric ester groups is 1. The van der Waals surface area contributed by atoms with Gasteiger partial charge in [-0.05, 0) is 0 Å². The first kappa shape index (κ1) is 26.4. The molecule has 0 amide bonds. The number of aromatic amines is 2. The third-order valence-corrected chi connectivity index (χ3v) is 8.77. The number of aliphatic hydroxyl groups is 2. The van der Waals surface area contributed by atoms with E-state index in [1.165, 1.54) is 0 Å². The molecule has 2 rings (SSSR count). The second kappa shape index (κ2) is 9.95. The van der Waals surface area contributed by atoms with Crippen LogP contribution in [-0.4, -0.2) is 74.0 Å². The summed E-state index contributed by atoms with van der Waals surface area (Å²) < 4.78 is 50.1. The van der Waals surface area contributed by atoms with E-state index in [9.17, 15) is 43.6 Å². The van der Waals surface area contributed by atoms with Gasteiger partial charge in [-0.25, -0.2) is 0 Å². The van der Waals surface area contributed by atoms with Crippen LogP contribution in [0.15, 0.2) is 15.8 Å². The van der Waals surface area contributed by atoms with E-state index in [0.29, 0.717) is 0 Å². The second-order valence-electron chi connectivity index (χ2n) is 5.92. The fourth-order valence-electron chi connectivity index (χ4n) is 2.43. The Morgan fingerprint density at radius 1 is 1.16 bits per heavy atom. The van der Waals surface area contributed by atoms with Crippen molar-refractivity contribution in [3.63, 3.8) is 0 Å². The van der Waals surface area contributed by atoms with Crippen molar-refractivity contribution in [1.29, 1.82) is 0 Å². The van der Waals surface area contributed by atoms with Gasteiger partial charge in [-0.15, -0.1) is 0 Å². The number of H-pyrrole nitrogens is 2. The van der Waals surface area contributed by atoms with Gasteiger partial charge in [-0.2, -0.15) is 0 Å². The van der Waals surface area contributed by atoms with Crippen LogP contribution in [0.1, 0.15) is 11.7 Å². The number of nitrogens with one attached hydrogen (secondary N) is 2. The van der Waals surface area contributed by atoms with Gasteiger partial charge in [-0.3, -0.25) is 0 Å². The van der Waals surface area contributed by atoms with E-state index < -0.39 is 66.1 Å². The van der Waals surface area contributed by atoms with Crippen LogP contribution in [0.4, 0.5) is 0 Å². The Hall–Kier alpha value is -0.870. The molecule has 0 aromatic carbocycles. The van der Waals surface area contributed by atoms with Crippen LogP contribution in [0.2, 0.25) is 0 Å². The molecular weight excluding hydrogens is 493 g/mol. The molecule has 1 aromatic heterocycles. The first-order chi connectivity index (χ1) is 14.2. The topological polar surface area (TPSA) is 256 Å². The summed E-state index contributed by atoms with van der Waals surface area (Å²) in [4.78, 5) is 55.9. The quantitative estimate of drug-likeness (QED) is 0.169. The molecule has 0 spiro atoms. The molecule has 1 aliphatic heterocycles. The van der Waals surface area contributed by atoms with Crippen molar-refractivity contribution < 1.29 is 61.0 Å². The standard InChI is InChI=1S/C11H21N2O15P3/c1-23-31(22,24-2)28-30(20,21)27-29(18,19)25-4-6-7(14)8(15)9(26-6)5-3-12-11(17)13-10(5)16/h3,6-9,14-15,18-19,29H,4H2,1-2H3,(H,20,21)(H2,12,13,16,17). The van der Waals surface area contributed by atoms with Crippen molar-refractivity contribution in [2.45, 2.75) is 24.4 Å². The summed E-state index contributed by atoms with van der Waals surface area (Å²) in [5.74, 6) is 0. The molecule has 0 saturated carbocycles. The molecule has 31 heavy (non-hydrogen) atoms. The first-order valence-corrected chi connectivity index (χ1v) is 12.8. The molecule has 5 unspecified atom stereocenters. The minimum absolute atomic E-state index is 0.246. The Morgan fingerprint density at radius 2 is 1.77 bits per heavy atom. The van der Waals surface area contributed by atoms with Gasteiger partial charge in [-0.1, -0.05) is 0 Å². The van der Waals surface area contributed by atoms with E-state index >= 15 is 0 Å². The van der Waals surface area contributed by atoms with Crippen LogP contribution < -0.4 is 11.2 Å². The summed E-state index contributed by atoms with van der Waals surface area (Å²) in [6.07, 6.45) is -5.34. The Morgan fingerprint density at radius 3 is 2.32 bits per heavy atom. The van der Waals surface area contributed by atoms with Crippen molar-refractivity contribution in [2.75, 3.05) is 20.8 Å². The zero-order valence-electron chi connectivity index (χ0n) is 15.8. The van der Waals surface area contributed by atoms with Gasteiger partial charge in [0.15, 0.2) is 0 Å². The van der Waals surface area contributed by atoms with E-state index in [2.05, 4.69) is 27.2 Å². The zero-order valence-corrected chi connectivity index (χ0v) is 18.6. The molecular formula is C11H21N2O15P3. The van der Waals surface area contributed by atoms with E-state index in [-0.39, 0.29) is 5.56 Å². The van der Waals surface area contributed by atoms with Crippen LogP contribution in [0.3, 0.4) is 0 Å². The summed E-state index contributed by atoms with van der Waals surface area (Å²) in [5, 5.41) is 20.1. The molecule has 180 valence electrons. The Labute approximate surface area is 173 Å². The number of aromatic nitrogens is 2. The molecule has 5 atom stereocenters. The molecule has 0 aliphatic carbocycles. The number of ether oxygens (including phenoxy) is 1. The van der Waals surface area contributed by atoms with Crippen LogP contribution >= 0.6 is 23.8 Å². The first-order valence-electron chi connectivity index (χ1n) is 8.11. The van der Waals surface area contributed by atoms with Gasteiger partial charge in [0, 0.05) is 0 Å². The average Bonchev–Trinajstić information content (AvgIpc) is 2.93. The fourth-order valence-corrected chi connectivity index (χ4v) is 6.35. The fraction of sp³-hybridized carbons (Fsp3) is 0.636. The number of hydrogen-bond acceptors (Lipinski definition) is 14. The summed E-state index contributed by atoms with van der Waals surface area (Å²) in [6.45, 7) is -0.901. The van der Waals surface area contributed by atoms with Gasteiger partial charge in [0.05, 0.1) is 0 Å². The summed E-state index contributed by atoms with van der Waals surface area (Å²) >= 11 is 0. The zero-order chi connectivity index (χ0) is 23.6. The predicted molar refractivity (Wildman–Crippen MR) is 99.6 cm³/mol. The average molecular weight is 514 g/mol. The van der Waals surface area contributed by atoms with Crippen molar-refractivity contribution in [1.82, 2.24) is 9.97 Å². The van der Waals surface area contributed by atoms with Crippen molar-refractivity contribution in [2.24, 2.45) is 0 Å². The SMILES string of the molecule is COP(=O)(OC)OP(=O)(O)O[PH](O)(O)OCC1OC(c2c[nH]c(=O)[nH]c2=O)C(O)C1O.